The average Bonchev–Trinajstić information content (AvgIpc) is 2.31. The molecule has 0 atom stereocenters. The highest BCUT2D eigenvalue weighted by Gasteiger charge is 1.98. The van der Waals surface area contributed by atoms with Gasteiger partial charge in [0.15, 0.2) is 0 Å². The first-order valence-electron chi connectivity index (χ1n) is 4.78. The predicted molar refractivity (Wildman–Crippen MR) is 65.4 cm³/mol. The van der Waals surface area contributed by atoms with Crippen molar-refractivity contribution >= 4 is 23.8 Å². The van der Waals surface area contributed by atoms with Gasteiger partial charge in [-0.2, -0.15) is 0 Å². The molecule has 0 saturated carbocycles. The lowest BCUT2D eigenvalue weighted by Crippen LogP contribution is -1.89. The van der Waals surface area contributed by atoms with Crippen molar-refractivity contribution < 1.29 is 0 Å². The Bertz CT molecular complexity index is 449. The second-order valence-electron chi connectivity index (χ2n) is 3.17. The van der Waals surface area contributed by atoms with E-state index in [1.54, 1.807) is 0 Å². The minimum Gasteiger partial charge on any atom is -0.354 e. The van der Waals surface area contributed by atoms with E-state index in [4.69, 9.17) is 0 Å². The molecule has 0 saturated heterocycles. The van der Waals surface area contributed by atoms with Gasteiger partial charge in [0, 0.05) is 5.69 Å². The molecule has 0 fully saturated rings. The van der Waals surface area contributed by atoms with Crippen LogP contribution in [0.2, 0.25) is 0 Å². The van der Waals surface area contributed by atoms with E-state index in [0.29, 0.717) is 0 Å². The molecule has 2 rings (SSSR count). The summed E-state index contributed by atoms with van der Waals surface area (Å²) in [6, 6.07) is 17.8. The van der Waals surface area contributed by atoms with E-state index in [9.17, 15) is 0 Å². The number of aliphatic imine (C=N–C) groups is 1. The van der Waals surface area contributed by atoms with E-state index in [1.807, 2.05) is 54.6 Å². The first kappa shape index (κ1) is 9.46. The molecule has 0 heterocycles. The van der Waals surface area contributed by atoms with Crippen LogP contribution in [0.1, 0.15) is 0 Å². The maximum Gasteiger partial charge on any atom is 0.0857 e. The fourth-order valence-electron chi connectivity index (χ4n) is 1.39. The van der Waals surface area contributed by atoms with Gasteiger partial charge in [-0.3, -0.25) is 4.99 Å². The van der Waals surface area contributed by atoms with Crippen LogP contribution in [0, 0.1) is 0 Å². The van der Waals surface area contributed by atoms with Gasteiger partial charge in [0.25, 0.3) is 0 Å². The largest absolute Gasteiger partial charge is 0.354 e. The molecule has 1 N–H and O–H groups in total. The van der Waals surface area contributed by atoms with Crippen molar-refractivity contribution in [1.82, 2.24) is 0 Å². The normalized spacial score (nSPS) is 9.60. The highest BCUT2D eigenvalue weighted by molar-refractivity contribution is 5.73. The van der Waals surface area contributed by atoms with Gasteiger partial charge >= 0.3 is 0 Å². The fraction of sp³-hybridized carbons (Fsp3) is 0. The van der Waals surface area contributed by atoms with Crippen LogP contribution in [-0.2, 0) is 0 Å². The second kappa shape index (κ2) is 4.42. The van der Waals surface area contributed by atoms with Crippen LogP contribution < -0.4 is 5.32 Å². The van der Waals surface area contributed by atoms with Crippen molar-refractivity contribution in [3.8, 4) is 0 Å². The van der Waals surface area contributed by atoms with Gasteiger partial charge in [0.05, 0.1) is 11.4 Å². The van der Waals surface area contributed by atoms with E-state index in [1.165, 1.54) is 0 Å². The summed E-state index contributed by atoms with van der Waals surface area (Å²) in [5.74, 6) is 0. The Morgan fingerprint density at radius 2 is 1.53 bits per heavy atom. The van der Waals surface area contributed by atoms with Gasteiger partial charge in [-0.15, -0.1) is 0 Å². The average molecular weight is 196 g/mol. The van der Waals surface area contributed by atoms with Crippen molar-refractivity contribution in [3.63, 3.8) is 0 Å². The van der Waals surface area contributed by atoms with Crippen molar-refractivity contribution in [2.24, 2.45) is 4.99 Å². The number of nitrogens with one attached hydrogen (secondary N) is 1. The van der Waals surface area contributed by atoms with Gasteiger partial charge in [-0.25, -0.2) is 0 Å². The van der Waals surface area contributed by atoms with Crippen LogP contribution in [0.5, 0.6) is 0 Å². The second-order valence-corrected chi connectivity index (χ2v) is 3.17. The van der Waals surface area contributed by atoms with Gasteiger partial charge < -0.3 is 5.32 Å². The van der Waals surface area contributed by atoms with Gasteiger partial charge in [0.2, 0.25) is 0 Å². The summed E-state index contributed by atoms with van der Waals surface area (Å²) < 4.78 is 0. The predicted octanol–water partition coefficient (Wildman–Crippen LogP) is 3.76. The first-order chi connectivity index (χ1) is 7.40. The van der Waals surface area contributed by atoms with E-state index in [2.05, 4.69) is 17.0 Å². The topological polar surface area (TPSA) is 24.4 Å². The molecule has 0 aliphatic heterocycles. The van der Waals surface area contributed by atoms with Gasteiger partial charge in [-0.1, -0.05) is 30.3 Å². The molecule has 0 amide bonds. The summed E-state index contributed by atoms with van der Waals surface area (Å²) in [5.41, 5.74) is 2.88. The SMILES string of the molecule is C=Nc1ccccc1Nc1ccccc1. The minimum absolute atomic E-state index is 0.862. The zero-order valence-electron chi connectivity index (χ0n) is 8.35. The van der Waals surface area contributed by atoms with E-state index >= 15 is 0 Å². The molecule has 15 heavy (non-hydrogen) atoms. The third-order valence-corrected chi connectivity index (χ3v) is 2.13. The Labute approximate surface area is 89.3 Å². The quantitative estimate of drug-likeness (QED) is 0.742. The molecule has 0 radical (unpaired) electrons. The summed E-state index contributed by atoms with van der Waals surface area (Å²) in [4.78, 5) is 3.95. The lowest BCUT2D eigenvalue weighted by molar-refractivity contribution is 1.49. The molecule has 0 spiro atoms. The highest BCUT2D eigenvalue weighted by Crippen LogP contribution is 2.26. The van der Waals surface area contributed by atoms with Gasteiger partial charge in [-0.05, 0) is 31.0 Å². The Morgan fingerprint density at radius 1 is 0.867 bits per heavy atom. The zero-order chi connectivity index (χ0) is 10.5. The van der Waals surface area contributed by atoms with E-state index < -0.39 is 0 Å². The third kappa shape index (κ3) is 2.23. The number of hydrogen-bond donors (Lipinski definition) is 1. The van der Waals surface area contributed by atoms with Crippen molar-refractivity contribution in [2.45, 2.75) is 0 Å². The number of anilines is 2. The zero-order valence-corrected chi connectivity index (χ0v) is 8.35. The summed E-state index contributed by atoms with van der Waals surface area (Å²) in [5, 5.41) is 3.29. The number of nitrogens with zero attached hydrogens (tertiary/aromatic N) is 1. The van der Waals surface area contributed by atoms with Crippen LogP contribution in [0.3, 0.4) is 0 Å². The van der Waals surface area contributed by atoms with Crippen LogP contribution >= 0.6 is 0 Å². The van der Waals surface area contributed by atoms with E-state index in [-0.39, 0.29) is 0 Å². The molecule has 2 aromatic carbocycles. The number of hydrogen-bond acceptors (Lipinski definition) is 2. The lowest BCUT2D eigenvalue weighted by Gasteiger charge is -2.08. The number of rotatable bonds is 3. The molecule has 74 valence electrons. The Kier molecular flexibility index (Phi) is 2.79. The van der Waals surface area contributed by atoms with Crippen LogP contribution in [0.4, 0.5) is 17.1 Å². The van der Waals surface area contributed by atoms with Crippen LogP contribution in [-0.4, -0.2) is 6.72 Å². The lowest BCUT2D eigenvalue weighted by atomic mass is 10.2. The fourth-order valence-corrected chi connectivity index (χ4v) is 1.39. The summed E-state index contributed by atoms with van der Waals surface area (Å²) in [6.45, 7) is 3.54. The molecule has 0 aliphatic carbocycles. The molecule has 2 heteroatoms. The molecule has 0 aromatic heterocycles. The van der Waals surface area contributed by atoms with Crippen LogP contribution in [0.15, 0.2) is 59.6 Å². The molecular weight excluding hydrogens is 184 g/mol. The smallest absolute Gasteiger partial charge is 0.0857 e. The van der Waals surface area contributed by atoms with Crippen molar-refractivity contribution in [3.05, 3.63) is 54.6 Å². The standard InChI is InChI=1S/C13H12N2/c1-14-12-9-5-6-10-13(12)15-11-7-3-2-4-8-11/h2-10,15H,1H2. The molecule has 2 aromatic rings. The molecular formula is C13H12N2. The van der Waals surface area contributed by atoms with Crippen molar-refractivity contribution in [2.75, 3.05) is 5.32 Å². The monoisotopic (exact) mass is 196 g/mol. The molecule has 0 unspecified atom stereocenters. The minimum atomic E-state index is 0.862. The highest BCUT2D eigenvalue weighted by atomic mass is 14.9. The third-order valence-electron chi connectivity index (χ3n) is 2.13. The van der Waals surface area contributed by atoms with Crippen molar-refractivity contribution in [1.29, 1.82) is 0 Å². The Morgan fingerprint density at radius 3 is 2.27 bits per heavy atom. The summed E-state index contributed by atoms with van der Waals surface area (Å²) >= 11 is 0. The number of benzene rings is 2. The Balaban J connectivity index is 2.28. The summed E-state index contributed by atoms with van der Waals surface area (Å²) in [6.07, 6.45) is 0. The Hall–Kier alpha value is -2.09. The van der Waals surface area contributed by atoms with Gasteiger partial charge in [0.1, 0.15) is 0 Å². The molecule has 0 aliphatic rings. The first-order valence-corrected chi connectivity index (χ1v) is 4.78. The molecule has 2 nitrogen and oxygen atoms in total. The maximum atomic E-state index is 3.95. The maximum absolute atomic E-state index is 3.95. The van der Waals surface area contributed by atoms with E-state index in [0.717, 1.165) is 17.1 Å². The molecule has 0 bridgehead atoms. The number of para-hydroxylation sites is 3. The summed E-state index contributed by atoms with van der Waals surface area (Å²) in [7, 11) is 0. The van der Waals surface area contributed by atoms with Crippen LogP contribution in [0.25, 0.3) is 0 Å².